The van der Waals surface area contributed by atoms with Crippen molar-refractivity contribution in [3.63, 3.8) is 0 Å². The topological polar surface area (TPSA) is 117 Å². The molecule has 4 aliphatic rings. The van der Waals surface area contributed by atoms with Gasteiger partial charge < -0.3 is 33.9 Å². The SMILES string of the molecule is COc1c(C)cc2c(c1OCc1ccccc1)[C@@H]1[C@H]3[C@@H](O)c4c(O)c(C)c5c(c4[C@H](COCc4ccccc4)N3[C@@H](C#N)[C@H](C2)N1C)OCO5. The van der Waals surface area contributed by atoms with Crippen LogP contribution in [0.1, 0.15) is 62.7 Å². The second-order valence-electron chi connectivity index (χ2n) is 13.6. The van der Waals surface area contributed by atoms with Crippen LogP contribution >= 0.6 is 0 Å². The maximum absolute atomic E-state index is 12.6. The van der Waals surface area contributed by atoms with Gasteiger partial charge in [-0.15, -0.1) is 0 Å². The molecule has 0 radical (unpaired) electrons. The molecule has 4 aromatic rings. The van der Waals surface area contributed by atoms with Crippen LogP contribution in [-0.2, 0) is 24.4 Å². The van der Waals surface area contributed by atoms with Gasteiger partial charge in [0.05, 0.1) is 44.5 Å². The molecular formula is C40H41N3O7. The van der Waals surface area contributed by atoms with Crippen LogP contribution in [-0.4, -0.2) is 65.7 Å². The number of ether oxygens (including phenoxy) is 5. The Bertz CT molecular complexity index is 1960. The van der Waals surface area contributed by atoms with Crippen LogP contribution in [0.3, 0.4) is 0 Å². The number of methoxy groups -OCH3 is 1. The molecule has 4 aliphatic heterocycles. The van der Waals surface area contributed by atoms with E-state index in [0.29, 0.717) is 59.3 Å². The number of hydrogen-bond acceptors (Lipinski definition) is 10. The number of aliphatic hydroxyl groups excluding tert-OH is 1. The Morgan fingerprint density at radius 1 is 0.920 bits per heavy atom. The fraction of sp³-hybridized carbons (Fsp3) is 0.375. The summed E-state index contributed by atoms with van der Waals surface area (Å²) < 4.78 is 31.1. The number of aryl methyl sites for hydroxylation is 1. The van der Waals surface area contributed by atoms with Crippen molar-refractivity contribution in [1.82, 2.24) is 9.80 Å². The van der Waals surface area contributed by atoms with Crippen LogP contribution in [0.5, 0.6) is 28.7 Å². The molecule has 0 amide bonds. The summed E-state index contributed by atoms with van der Waals surface area (Å²) >= 11 is 0. The van der Waals surface area contributed by atoms with E-state index in [9.17, 15) is 15.5 Å². The summed E-state index contributed by atoms with van der Waals surface area (Å²) in [7, 11) is 3.66. The van der Waals surface area contributed by atoms with Gasteiger partial charge in [0.15, 0.2) is 23.0 Å². The van der Waals surface area contributed by atoms with Gasteiger partial charge in [0.1, 0.15) is 24.5 Å². The molecule has 10 nitrogen and oxygen atoms in total. The lowest BCUT2D eigenvalue weighted by molar-refractivity contribution is -0.132. The number of aromatic hydroxyl groups is 1. The van der Waals surface area contributed by atoms with Gasteiger partial charge in [-0.25, -0.2) is 0 Å². The minimum atomic E-state index is -1.20. The molecule has 50 heavy (non-hydrogen) atoms. The Balaban J connectivity index is 1.30. The zero-order chi connectivity index (χ0) is 34.7. The van der Waals surface area contributed by atoms with Crippen molar-refractivity contribution in [1.29, 1.82) is 5.26 Å². The number of aliphatic hydroxyl groups is 1. The molecule has 4 heterocycles. The van der Waals surface area contributed by atoms with Crippen molar-refractivity contribution in [3.05, 3.63) is 111 Å². The Labute approximate surface area is 291 Å². The smallest absolute Gasteiger partial charge is 0.231 e. The molecule has 0 spiro atoms. The highest BCUT2D eigenvalue weighted by molar-refractivity contribution is 5.67. The van der Waals surface area contributed by atoms with Crippen molar-refractivity contribution in [2.45, 2.75) is 69.8 Å². The first kappa shape index (κ1) is 32.4. The first-order chi connectivity index (χ1) is 24.3. The van der Waals surface area contributed by atoms with E-state index in [-0.39, 0.29) is 25.2 Å². The highest BCUT2D eigenvalue weighted by Gasteiger charge is 2.59. The highest BCUT2D eigenvalue weighted by Crippen LogP contribution is 2.61. The number of phenolic OH excluding ortho intramolecular Hbond substituents is 1. The molecule has 0 unspecified atom stereocenters. The van der Waals surface area contributed by atoms with Gasteiger partial charge in [-0.3, -0.25) is 9.80 Å². The molecular weight excluding hydrogens is 634 g/mol. The zero-order valence-electron chi connectivity index (χ0n) is 28.6. The second kappa shape index (κ2) is 12.8. The normalized spacial score (nSPS) is 24.9. The number of phenols is 1. The van der Waals surface area contributed by atoms with Gasteiger partial charge in [-0.05, 0) is 49.6 Å². The minimum Gasteiger partial charge on any atom is -0.507 e. The number of likely N-dealkylation sites (N-methyl/N-ethyl adjacent to an activating group) is 1. The van der Waals surface area contributed by atoms with Crippen molar-refractivity contribution < 1.29 is 33.9 Å². The summed E-state index contributed by atoms with van der Waals surface area (Å²) in [5.41, 5.74) is 6.41. The van der Waals surface area contributed by atoms with Crippen LogP contribution in [0.4, 0.5) is 0 Å². The van der Waals surface area contributed by atoms with Crippen LogP contribution in [0.15, 0.2) is 66.7 Å². The van der Waals surface area contributed by atoms with Crippen LogP contribution < -0.4 is 18.9 Å². The lowest BCUT2D eigenvalue weighted by Gasteiger charge is -2.61. The van der Waals surface area contributed by atoms with E-state index in [1.165, 1.54) is 0 Å². The summed E-state index contributed by atoms with van der Waals surface area (Å²) in [5.74, 6) is 2.14. The molecule has 0 aromatic heterocycles. The molecule has 258 valence electrons. The Hall–Kier alpha value is -4.79. The van der Waals surface area contributed by atoms with E-state index in [0.717, 1.165) is 27.8 Å². The van der Waals surface area contributed by atoms with Crippen molar-refractivity contribution >= 4 is 0 Å². The molecule has 10 heteroatoms. The first-order valence-electron chi connectivity index (χ1n) is 17.0. The maximum atomic E-state index is 12.6. The molecule has 6 atom stereocenters. The largest absolute Gasteiger partial charge is 0.507 e. The molecule has 8 rings (SSSR count). The molecule has 2 N–H and O–H groups in total. The van der Waals surface area contributed by atoms with E-state index >= 15 is 0 Å². The number of fused-ring (bicyclic) bond motifs is 9. The highest BCUT2D eigenvalue weighted by atomic mass is 16.7. The van der Waals surface area contributed by atoms with Gasteiger partial charge in [-0.2, -0.15) is 5.26 Å². The summed E-state index contributed by atoms with van der Waals surface area (Å²) in [6, 6.07) is 22.2. The van der Waals surface area contributed by atoms with E-state index < -0.39 is 30.3 Å². The Morgan fingerprint density at radius 3 is 2.28 bits per heavy atom. The van der Waals surface area contributed by atoms with Gasteiger partial charge in [0.25, 0.3) is 0 Å². The van der Waals surface area contributed by atoms with Gasteiger partial charge in [0, 0.05) is 28.3 Å². The number of piperazine rings is 1. The number of nitrogens with zero attached hydrogens (tertiary/aromatic N) is 3. The minimum absolute atomic E-state index is 0.00646. The van der Waals surface area contributed by atoms with E-state index in [2.05, 4.69) is 21.9 Å². The average molecular weight is 676 g/mol. The Kier molecular flexibility index (Phi) is 8.32. The van der Waals surface area contributed by atoms with Crippen molar-refractivity contribution in [2.75, 3.05) is 27.6 Å². The number of benzene rings is 4. The standard InChI is InChI=1S/C40H41N3O7/c1-22-15-26-16-27-28(17-41)43-29(20-47-18-24-11-7-5-8-12-24)31-32(35(44)23(2)38-40(31)50-21-49-38)36(45)34(43)33(42(27)3)30(26)39(37(22)46-4)48-19-25-13-9-6-10-14-25/h5-15,27-29,33-34,36,44-45H,16,18-21H2,1-4H3/t27-,28-,29-,33+,34-,36-/m0/s1. The second-order valence-corrected chi connectivity index (χ2v) is 13.6. The summed E-state index contributed by atoms with van der Waals surface area (Å²) in [6.07, 6.45) is -0.610. The molecule has 1 fully saturated rings. The predicted molar refractivity (Wildman–Crippen MR) is 184 cm³/mol. The molecule has 1 saturated heterocycles. The van der Waals surface area contributed by atoms with Gasteiger partial charge in [-0.1, -0.05) is 66.7 Å². The molecule has 0 aliphatic carbocycles. The Morgan fingerprint density at radius 2 is 1.60 bits per heavy atom. The summed E-state index contributed by atoms with van der Waals surface area (Å²) in [5, 5.41) is 35.4. The van der Waals surface area contributed by atoms with E-state index in [4.69, 9.17) is 23.7 Å². The van der Waals surface area contributed by atoms with E-state index in [1.54, 1.807) is 14.0 Å². The molecule has 4 aromatic carbocycles. The predicted octanol–water partition coefficient (Wildman–Crippen LogP) is 5.80. The zero-order valence-corrected chi connectivity index (χ0v) is 28.6. The maximum Gasteiger partial charge on any atom is 0.231 e. The average Bonchev–Trinajstić information content (AvgIpc) is 3.62. The van der Waals surface area contributed by atoms with Gasteiger partial charge >= 0.3 is 0 Å². The third-order valence-corrected chi connectivity index (χ3v) is 10.9. The molecule has 0 saturated carbocycles. The van der Waals surface area contributed by atoms with Crippen LogP contribution in [0.2, 0.25) is 0 Å². The lowest BCUT2D eigenvalue weighted by atomic mass is 9.70. The third-order valence-electron chi connectivity index (χ3n) is 10.9. The monoisotopic (exact) mass is 675 g/mol. The number of hydrogen-bond donors (Lipinski definition) is 2. The summed E-state index contributed by atoms with van der Waals surface area (Å²) in [6.45, 7) is 4.63. The van der Waals surface area contributed by atoms with Crippen molar-refractivity contribution in [2.24, 2.45) is 0 Å². The lowest BCUT2D eigenvalue weighted by Crippen LogP contribution is -2.69. The first-order valence-corrected chi connectivity index (χ1v) is 17.0. The van der Waals surface area contributed by atoms with Crippen LogP contribution in [0.25, 0.3) is 0 Å². The number of rotatable bonds is 8. The van der Waals surface area contributed by atoms with Crippen LogP contribution in [0, 0.1) is 25.2 Å². The number of nitriles is 1. The van der Waals surface area contributed by atoms with E-state index in [1.807, 2.05) is 74.6 Å². The van der Waals surface area contributed by atoms with Gasteiger partial charge in [0.2, 0.25) is 6.79 Å². The fourth-order valence-electron chi connectivity index (χ4n) is 8.73. The van der Waals surface area contributed by atoms with Crippen molar-refractivity contribution in [3.8, 4) is 34.8 Å². The third kappa shape index (κ3) is 4.99. The fourth-order valence-corrected chi connectivity index (χ4v) is 8.73. The molecule has 2 bridgehead atoms. The quantitative estimate of drug-likeness (QED) is 0.237. The summed E-state index contributed by atoms with van der Waals surface area (Å²) in [4.78, 5) is 4.31.